The molecule has 0 radical (unpaired) electrons. The molecule has 1 N–H and O–H groups in total. The second kappa shape index (κ2) is 5.53. The average Bonchev–Trinajstić information content (AvgIpc) is 2.16. The molecule has 1 aromatic carbocycles. The first kappa shape index (κ1) is 12.5. The predicted octanol–water partition coefficient (Wildman–Crippen LogP) is 3.78. The summed E-state index contributed by atoms with van der Waals surface area (Å²) in [5, 5.41) is 10.1. The first-order valence-electron chi connectivity index (χ1n) is 5.51. The summed E-state index contributed by atoms with van der Waals surface area (Å²) in [6.45, 7) is 6.12. The Morgan fingerprint density at radius 1 is 1.33 bits per heavy atom. The molecule has 2 unspecified atom stereocenters. The van der Waals surface area contributed by atoms with Gasteiger partial charge in [-0.05, 0) is 42.9 Å². The van der Waals surface area contributed by atoms with Gasteiger partial charge >= 0.3 is 0 Å². The Morgan fingerprint density at radius 2 is 2.00 bits per heavy atom. The molecule has 0 aliphatic rings. The zero-order valence-corrected chi connectivity index (χ0v) is 10.4. The number of rotatable bonds is 4. The molecule has 2 atom stereocenters. The molecule has 0 saturated heterocycles. The van der Waals surface area contributed by atoms with E-state index in [2.05, 4.69) is 26.0 Å². The van der Waals surface area contributed by atoms with Gasteiger partial charge in [-0.2, -0.15) is 0 Å². The Kier molecular flexibility index (Phi) is 4.62. The van der Waals surface area contributed by atoms with Crippen molar-refractivity contribution in [1.82, 2.24) is 0 Å². The monoisotopic (exact) mass is 226 g/mol. The normalized spacial score (nSPS) is 15.0. The van der Waals surface area contributed by atoms with E-state index in [4.69, 9.17) is 11.6 Å². The zero-order valence-electron chi connectivity index (χ0n) is 9.63. The van der Waals surface area contributed by atoms with Crippen LogP contribution in [0.25, 0.3) is 0 Å². The van der Waals surface area contributed by atoms with Crippen molar-refractivity contribution >= 4 is 11.6 Å². The maximum Gasteiger partial charge on any atom is 0.0552 e. The van der Waals surface area contributed by atoms with E-state index in [0.29, 0.717) is 12.3 Å². The highest BCUT2D eigenvalue weighted by Gasteiger charge is 2.09. The van der Waals surface area contributed by atoms with Crippen molar-refractivity contribution in [3.63, 3.8) is 0 Å². The highest BCUT2D eigenvalue weighted by molar-refractivity contribution is 6.31. The van der Waals surface area contributed by atoms with Crippen LogP contribution in [0.15, 0.2) is 18.2 Å². The fraction of sp³-hybridized carbons (Fsp3) is 0.538. The third-order valence-corrected chi connectivity index (χ3v) is 3.07. The van der Waals surface area contributed by atoms with E-state index in [9.17, 15) is 5.11 Å². The molecule has 0 aliphatic heterocycles. The zero-order chi connectivity index (χ0) is 11.4. The summed E-state index contributed by atoms with van der Waals surface area (Å²) in [6, 6.07) is 6.10. The van der Waals surface area contributed by atoms with E-state index in [0.717, 1.165) is 17.0 Å². The van der Waals surface area contributed by atoms with E-state index in [1.807, 2.05) is 6.07 Å². The van der Waals surface area contributed by atoms with Gasteiger partial charge in [0.1, 0.15) is 0 Å². The molecule has 84 valence electrons. The highest BCUT2D eigenvalue weighted by atomic mass is 35.5. The van der Waals surface area contributed by atoms with Crippen LogP contribution < -0.4 is 0 Å². The number of hydrogen-bond acceptors (Lipinski definition) is 1. The highest BCUT2D eigenvalue weighted by Crippen LogP contribution is 2.27. The summed E-state index contributed by atoms with van der Waals surface area (Å²) >= 11 is 6.20. The maximum absolute atomic E-state index is 9.28. The molecule has 2 heteroatoms. The van der Waals surface area contributed by atoms with Crippen LogP contribution in [-0.4, -0.2) is 11.2 Å². The van der Waals surface area contributed by atoms with E-state index >= 15 is 0 Å². The molecule has 1 rings (SSSR count). The molecular formula is C13H19ClO. The van der Waals surface area contributed by atoms with Gasteiger partial charge in [0, 0.05) is 5.02 Å². The SMILES string of the molecule is CCC(C)c1ccc(CC(C)O)cc1Cl. The van der Waals surface area contributed by atoms with Crippen LogP contribution in [0.5, 0.6) is 0 Å². The lowest BCUT2D eigenvalue weighted by atomic mass is 9.96. The van der Waals surface area contributed by atoms with Crippen molar-refractivity contribution in [3.05, 3.63) is 34.3 Å². The number of benzene rings is 1. The summed E-state index contributed by atoms with van der Waals surface area (Å²) in [5.41, 5.74) is 2.30. The lowest BCUT2D eigenvalue weighted by molar-refractivity contribution is 0.195. The van der Waals surface area contributed by atoms with Gasteiger partial charge in [-0.15, -0.1) is 0 Å². The van der Waals surface area contributed by atoms with Crippen LogP contribution in [0.1, 0.15) is 44.2 Å². The molecule has 1 nitrogen and oxygen atoms in total. The molecule has 0 amide bonds. The molecule has 0 saturated carbocycles. The van der Waals surface area contributed by atoms with Gasteiger partial charge in [-0.25, -0.2) is 0 Å². The smallest absolute Gasteiger partial charge is 0.0552 e. The van der Waals surface area contributed by atoms with Crippen LogP contribution in [0.4, 0.5) is 0 Å². The van der Waals surface area contributed by atoms with E-state index in [-0.39, 0.29) is 6.10 Å². The molecule has 1 aromatic rings. The third-order valence-electron chi connectivity index (χ3n) is 2.74. The first-order valence-corrected chi connectivity index (χ1v) is 5.88. The fourth-order valence-electron chi connectivity index (χ4n) is 1.66. The minimum atomic E-state index is -0.310. The molecule has 0 heterocycles. The molecule has 0 spiro atoms. The molecule has 0 bridgehead atoms. The fourth-order valence-corrected chi connectivity index (χ4v) is 2.05. The van der Waals surface area contributed by atoms with Crippen LogP contribution >= 0.6 is 11.6 Å². The topological polar surface area (TPSA) is 20.2 Å². The van der Waals surface area contributed by atoms with Crippen LogP contribution in [0.2, 0.25) is 5.02 Å². The number of aliphatic hydroxyl groups is 1. The second-order valence-electron chi connectivity index (χ2n) is 4.22. The van der Waals surface area contributed by atoms with Crippen LogP contribution in [-0.2, 0) is 6.42 Å². The van der Waals surface area contributed by atoms with Crippen LogP contribution in [0.3, 0.4) is 0 Å². The Morgan fingerprint density at radius 3 is 2.47 bits per heavy atom. The van der Waals surface area contributed by atoms with Crippen molar-refractivity contribution in [2.75, 3.05) is 0 Å². The van der Waals surface area contributed by atoms with E-state index < -0.39 is 0 Å². The number of halogens is 1. The van der Waals surface area contributed by atoms with Gasteiger partial charge in [0.2, 0.25) is 0 Å². The number of hydrogen-bond donors (Lipinski definition) is 1. The van der Waals surface area contributed by atoms with Gasteiger partial charge in [-0.3, -0.25) is 0 Å². The van der Waals surface area contributed by atoms with Crippen molar-refractivity contribution in [1.29, 1.82) is 0 Å². The van der Waals surface area contributed by atoms with Crippen molar-refractivity contribution in [2.45, 2.75) is 45.6 Å². The Balaban J connectivity index is 2.88. The van der Waals surface area contributed by atoms with Crippen LogP contribution in [0, 0.1) is 0 Å². The number of aliphatic hydroxyl groups excluding tert-OH is 1. The van der Waals surface area contributed by atoms with E-state index in [1.165, 1.54) is 5.56 Å². The summed E-state index contributed by atoms with van der Waals surface area (Å²) in [5.74, 6) is 0.498. The summed E-state index contributed by atoms with van der Waals surface area (Å²) in [6.07, 6.45) is 1.45. The second-order valence-corrected chi connectivity index (χ2v) is 4.63. The van der Waals surface area contributed by atoms with Gasteiger partial charge in [-0.1, -0.05) is 37.6 Å². The van der Waals surface area contributed by atoms with Gasteiger partial charge in [0.15, 0.2) is 0 Å². The van der Waals surface area contributed by atoms with Gasteiger partial charge in [0.25, 0.3) is 0 Å². The first-order chi connectivity index (χ1) is 7.04. The maximum atomic E-state index is 9.28. The summed E-state index contributed by atoms with van der Waals surface area (Å²) in [4.78, 5) is 0. The Hall–Kier alpha value is -0.530. The van der Waals surface area contributed by atoms with Crippen molar-refractivity contribution in [2.24, 2.45) is 0 Å². The Bertz CT molecular complexity index is 320. The predicted molar refractivity (Wildman–Crippen MR) is 65.5 cm³/mol. The molecule has 15 heavy (non-hydrogen) atoms. The van der Waals surface area contributed by atoms with E-state index in [1.54, 1.807) is 6.92 Å². The van der Waals surface area contributed by atoms with Gasteiger partial charge in [0.05, 0.1) is 6.10 Å². The van der Waals surface area contributed by atoms with Crippen molar-refractivity contribution in [3.8, 4) is 0 Å². The minimum absolute atomic E-state index is 0.310. The molecule has 0 aromatic heterocycles. The van der Waals surface area contributed by atoms with Crippen molar-refractivity contribution < 1.29 is 5.11 Å². The third kappa shape index (κ3) is 3.51. The lowest BCUT2D eigenvalue weighted by Gasteiger charge is -2.13. The Labute approximate surface area is 97.1 Å². The quantitative estimate of drug-likeness (QED) is 0.829. The standard InChI is InChI=1S/C13H19ClO/c1-4-9(2)12-6-5-11(7-10(3)15)8-13(12)14/h5-6,8-10,15H,4,7H2,1-3H3. The molecule has 0 aliphatic carbocycles. The summed E-state index contributed by atoms with van der Waals surface area (Å²) < 4.78 is 0. The lowest BCUT2D eigenvalue weighted by Crippen LogP contribution is -2.04. The largest absolute Gasteiger partial charge is 0.393 e. The van der Waals surface area contributed by atoms with Gasteiger partial charge < -0.3 is 5.11 Å². The average molecular weight is 227 g/mol. The molecule has 0 fully saturated rings. The molecular weight excluding hydrogens is 208 g/mol. The minimum Gasteiger partial charge on any atom is -0.393 e. The summed E-state index contributed by atoms with van der Waals surface area (Å²) in [7, 11) is 0.